The van der Waals surface area contributed by atoms with Crippen LogP contribution >= 0.6 is 0 Å². The van der Waals surface area contributed by atoms with Crippen molar-refractivity contribution in [2.24, 2.45) is 11.7 Å². The van der Waals surface area contributed by atoms with Crippen molar-refractivity contribution in [3.63, 3.8) is 0 Å². The van der Waals surface area contributed by atoms with Crippen LogP contribution in [0.25, 0.3) is 21.9 Å². The van der Waals surface area contributed by atoms with Gasteiger partial charge in [0.25, 0.3) is 5.56 Å². The summed E-state index contributed by atoms with van der Waals surface area (Å²) in [7, 11) is 0. The lowest BCUT2D eigenvalue weighted by Crippen LogP contribution is -2.28. The molecule has 0 fully saturated rings. The molecule has 3 nitrogen and oxygen atoms in total. The van der Waals surface area contributed by atoms with Gasteiger partial charge in [0.15, 0.2) is 0 Å². The Kier molecular flexibility index (Phi) is 4.54. The van der Waals surface area contributed by atoms with E-state index < -0.39 is 0 Å². The molecule has 0 saturated carbocycles. The fourth-order valence-corrected chi connectivity index (χ4v) is 3.31. The highest BCUT2D eigenvalue weighted by molar-refractivity contribution is 5.97. The molecule has 2 aromatic carbocycles. The third-order valence-electron chi connectivity index (χ3n) is 4.34. The van der Waals surface area contributed by atoms with E-state index in [1.807, 2.05) is 34.9 Å². The van der Waals surface area contributed by atoms with E-state index in [4.69, 9.17) is 5.73 Å². The molecular weight excluding hydrogens is 296 g/mol. The number of aromatic nitrogens is 1. The van der Waals surface area contributed by atoms with Gasteiger partial charge in [-0.15, -0.1) is 0 Å². The van der Waals surface area contributed by atoms with Gasteiger partial charge in [0.05, 0.1) is 0 Å². The molecule has 1 heterocycles. The van der Waals surface area contributed by atoms with Crippen molar-refractivity contribution in [2.45, 2.75) is 33.9 Å². The van der Waals surface area contributed by atoms with Gasteiger partial charge in [0.2, 0.25) is 0 Å². The van der Waals surface area contributed by atoms with Gasteiger partial charge >= 0.3 is 0 Å². The molecule has 3 aromatic rings. The second-order valence-electron chi connectivity index (χ2n) is 6.75. The molecule has 0 radical (unpaired) electrons. The zero-order valence-electron chi connectivity index (χ0n) is 14.5. The standard InChI is InChI=1S/C21H24N2O/c1-14(2)13-23-19(12-22)20(16-7-5-4-6-8-16)18-11-15(3)9-10-17(18)21(23)24/h4-11,14H,12-13,22H2,1-3H3. The minimum Gasteiger partial charge on any atom is -0.325 e. The molecule has 124 valence electrons. The summed E-state index contributed by atoms with van der Waals surface area (Å²) in [4.78, 5) is 13.0. The molecule has 24 heavy (non-hydrogen) atoms. The number of nitrogens with zero attached hydrogens (tertiary/aromatic N) is 1. The molecule has 0 spiro atoms. The third-order valence-corrected chi connectivity index (χ3v) is 4.34. The van der Waals surface area contributed by atoms with Crippen LogP contribution in [0.15, 0.2) is 53.3 Å². The SMILES string of the molecule is Cc1ccc2c(=O)n(CC(C)C)c(CN)c(-c3ccccc3)c2c1. The van der Waals surface area contributed by atoms with Gasteiger partial charge in [-0.2, -0.15) is 0 Å². The summed E-state index contributed by atoms with van der Waals surface area (Å²) in [6.45, 7) is 7.31. The van der Waals surface area contributed by atoms with Crippen molar-refractivity contribution in [1.82, 2.24) is 4.57 Å². The molecule has 0 amide bonds. The molecular formula is C21H24N2O. The van der Waals surface area contributed by atoms with E-state index in [2.05, 4.69) is 39.0 Å². The molecule has 0 aliphatic heterocycles. The van der Waals surface area contributed by atoms with E-state index in [9.17, 15) is 4.79 Å². The lowest BCUT2D eigenvalue weighted by atomic mass is 9.95. The normalized spacial score (nSPS) is 11.4. The van der Waals surface area contributed by atoms with Crippen molar-refractivity contribution >= 4 is 10.8 Å². The van der Waals surface area contributed by atoms with Gasteiger partial charge in [0.1, 0.15) is 0 Å². The molecule has 0 unspecified atom stereocenters. The molecule has 0 aliphatic rings. The Hall–Kier alpha value is -2.39. The van der Waals surface area contributed by atoms with Gasteiger partial charge in [-0.05, 0) is 29.9 Å². The number of pyridine rings is 1. The minimum absolute atomic E-state index is 0.0545. The molecule has 3 heteroatoms. The lowest BCUT2D eigenvalue weighted by Gasteiger charge is -2.20. The number of aryl methyl sites for hydroxylation is 1. The first-order valence-electron chi connectivity index (χ1n) is 8.44. The van der Waals surface area contributed by atoms with Gasteiger partial charge in [-0.3, -0.25) is 4.79 Å². The van der Waals surface area contributed by atoms with Crippen LogP contribution in [-0.4, -0.2) is 4.57 Å². The van der Waals surface area contributed by atoms with Crippen molar-refractivity contribution in [2.75, 3.05) is 0 Å². The number of benzene rings is 2. The predicted molar refractivity (Wildman–Crippen MR) is 101 cm³/mol. The monoisotopic (exact) mass is 320 g/mol. The first-order chi connectivity index (χ1) is 11.5. The average molecular weight is 320 g/mol. The number of rotatable bonds is 4. The lowest BCUT2D eigenvalue weighted by molar-refractivity contribution is 0.499. The van der Waals surface area contributed by atoms with Crippen LogP contribution in [0.5, 0.6) is 0 Å². The quantitative estimate of drug-likeness (QED) is 0.787. The van der Waals surface area contributed by atoms with Gasteiger partial charge in [-0.25, -0.2) is 0 Å². The molecule has 1 aromatic heterocycles. The number of hydrogen-bond acceptors (Lipinski definition) is 2. The van der Waals surface area contributed by atoms with E-state index in [0.29, 0.717) is 19.0 Å². The topological polar surface area (TPSA) is 48.0 Å². The van der Waals surface area contributed by atoms with Crippen LogP contribution in [0.1, 0.15) is 25.1 Å². The van der Waals surface area contributed by atoms with Crippen LogP contribution in [0.3, 0.4) is 0 Å². The maximum absolute atomic E-state index is 13.0. The molecule has 0 saturated heterocycles. The Balaban J connectivity index is 2.48. The highest BCUT2D eigenvalue weighted by Crippen LogP contribution is 2.31. The summed E-state index contributed by atoms with van der Waals surface area (Å²) < 4.78 is 1.87. The first-order valence-corrected chi connectivity index (χ1v) is 8.44. The van der Waals surface area contributed by atoms with Crippen molar-refractivity contribution in [3.05, 3.63) is 70.1 Å². The number of fused-ring (bicyclic) bond motifs is 1. The van der Waals surface area contributed by atoms with E-state index in [-0.39, 0.29) is 5.56 Å². The Morgan fingerprint density at radius 3 is 2.38 bits per heavy atom. The second-order valence-corrected chi connectivity index (χ2v) is 6.75. The summed E-state index contributed by atoms with van der Waals surface area (Å²) in [5.41, 5.74) is 10.4. The van der Waals surface area contributed by atoms with E-state index >= 15 is 0 Å². The molecule has 3 rings (SSSR count). The summed E-state index contributed by atoms with van der Waals surface area (Å²) in [6, 6.07) is 16.3. The van der Waals surface area contributed by atoms with Crippen LogP contribution in [0.4, 0.5) is 0 Å². The van der Waals surface area contributed by atoms with Crippen LogP contribution in [0.2, 0.25) is 0 Å². The largest absolute Gasteiger partial charge is 0.325 e. The van der Waals surface area contributed by atoms with Gasteiger partial charge in [0, 0.05) is 29.7 Å². The van der Waals surface area contributed by atoms with Gasteiger partial charge in [-0.1, -0.05) is 61.9 Å². The Morgan fingerprint density at radius 2 is 1.75 bits per heavy atom. The Morgan fingerprint density at radius 1 is 1.04 bits per heavy atom. The fraction of sp³-hybridized carbons (Fsp3) is 0.286. The predicted octanol–water partition coefficient (Wildman–Crippen LogP) is 4.09. The Labute approximate surface area is 142 Å². The Bertz CT molecular complexity index is 924. The van der Waals surface area contributed by atoms with Crippen molar-refractivity contribution < 1.29 is 0 Å². The smallest absolute Gasteiger partial charge is 0.258 e. The summed E-state index contributed by atoms with van der Waals surface area (Å²) in [5, 5.41) is 1.75. The zero-order chi connectivity index (χ0) is 17.3. The van der Waals surface area contributed by atoms with Crippen molar-refractivity contribution in [1.29, 1.82) is 0 Å². The summed E-state index contributed by atoms with van der Waals surface area (Å²) >= 11 is 0. The van der Waals surface area contributed by atoms with E-state index in [0.717, 1.165) is 33.2 Å². The van der Waals surface area contributed by atoms with E-state index in [1.54, 1.807) is 0 Å². The maximum Gasteiger partial charge on any atom is 0.258 e. The average Bonchev–Trinajstić information content (AvgIpc) is 2.57. The highest BCUT2D eigenvalue weighted by Gasteiger charge is 2.17. The minimum atomic E-state index is 0.0545. The summed E-state index contributed by atoms with van der Waals surface area (Å²) in [6.07, 6.45) is 0. The highest BCUT2D eigenvalue weighted by atomic mass is 16.1. The third kappa shape index (κ3) is 2.87. The summed E-state index contributed by atoms with van der Waals surface area (Å²) in [5.74, 6) is 0.375. The second kappa shape index (κ2) is 6.62. The molecule has 0 atom stereocenters. The maximum atomic E-state index is 13.0. The van der Waals surface area contributed by atoms with E-state index in [1.165, 1.54) is 0 Å². The van der Waals surface area contributed by atoms with Crippen LogP contribution in [0, 0.1) is 12.8 Å². The number of nitrogens with two attached hydrogens (primary N) is 1. The number of hydrogen-bond donors (Lipinski definition) is 1. The molecule has 0 aliphatic carbocycles. The van der Waals surface area contributed by atoms with Crippen LogP contribution in [-0.2, 0) is 13.1 Å². The first kappa shape index (κ1) is 16.5. The van der Waals surface area contributed by atoms with Crippen LogP contribution < -0.4 is 11.3 Å². The van der Waals surface area contributed by atoms with Gasteiger partial charge < -0.3 is 10.3 Å². The van der Waals surface area contributed by atoms with Crippen molar-refractivity contribution in [3.8, 4) is 11.1 Å². The molecule has 2 N–H and O–H groups in total. The molecule has 0 bridgehead atoms. The fourth-order valence-electron chi connectivity index (χ4n) is 3.31. The zero-order valence-corrected chi connectivity index (χ0v) is 14.5.